The molecule has 0 aliphatic rings. The molecule has 2 aromatic rings. The van der Waals surface area contributed by atoms with Crippen molar-refractivity contribution in [1.29, 1.82) is 0 Å². The molecule has 5 nitrogen and oxygen atoms in total. The fourth-order valence-corrected chi connectivity index (χ4v) is 2.14. The van der Waals surface area contributed by atoms with E-state index >= 15 is 0 Å². The lowest BCUT2D eigenvalue weighted by molar-refractivity contribution is 0.297. The van der Waals surface area contributed by atoms with Gasteiger partial charge < -0.3 is 9.77 Å². The van der Waals surface area contributed by atoms with Gasteiger partial charge >= 0.3 is 0 Å². The van der Waals surface area contributed by atoms with Gasteiger partial charge in [0.2, 0.25) is 5.49 Å². The molecule has 0 saturated heterocycles. The zero-order valence-corrected chi connectivity index (χ0v) is 11.8. The third kappa shape index (κ3) is 2.92. The first kappa shape index (κ1) is 12.3. The predicted octanol–water partition coefficient (Wildman–Crippen LogP) is 2.14. The number of aromatic nitrogens is 3. The fourth-order valence-electron chi connectivity index (χ4n) is 1.32. The molecule has 0 aliphatic carbocycles. The molecule has 2 rings (SSSR count). The summed E-state index contributed by atoms with van der Waals surface area (Å²) in [5, 5.41) is 11.7. The van der Waals surface area contributed by atoms with Gasteiger partial charge in [0.25, 0.3) is 0 Å². The zero-order valence-electron chi connectivity index (χ0n) is 8.59. The topological polar surface area (TPSA) is 63.3 Å². The second-order valence-electron chi connectivity index (χ2n) is 3.28. The highest BCUT2D eigenvalue weighted by atomic mass is 79.9. The van der Waals surface area contributed by atoms with Crippen LogP contribution in [-0.2, 0) is 6.54 Å². The van der Waals surface area contributed by atoms with Crippen molar-refractivity contribution in [3.05, 3.63) is 51.0 Å². The maximum Gasteiger partial charge on any atom is 0.208 e. The Bertz CT molecular complexity index is 597. The Kier molecular flexibility index (Phi) is 3.90. The second-order valence-corrected chi connectivity index (χ2v) is 4.99. The molecule has 0 atom stereocenters. The minimum atomic E-state index is 0.259. The summed E-state index contributed by atoms with van der Waals surface area (Å²) >= 11 is 6.71. The van der Waals surface area contributed by atoms with Crippen molar-refractivity contribution in [2.45, 2.75) is 6.54 Å². The number of hydrogen-bond acceptors (Lipinski definition) is 4. The standard InChI is InChI=1S/C10H8Br2N4O/c11-8-3-13-2-1-7(8)4-16-5-9(12)10(15-17)14-6-16/h1-3,5-6,17H,4H2. The van der Waals surface area contributed by atoms with E-state index in [1.54, 1.807) is 24.9 Å². The monoisotopic (exact) mass is 358 g/mol. The van der Waals surface area contributed by atoms with E-state index in [9.17, 15) is 0 Å². The van der Waals surface area contributed by atoms with E-state index < -0.39 is 0 Å². The van der Waals surface area contributed by atoms with Crippen LogP contribution in [0, 0.1) is 0 Å². The Morgan fingerprint density at radius 2 is 2.18 bits per heavy atom. The molecule has 0 saturated carbocycles. The van der Waals surface area contributed by atoms with Crippen molar-refractivity contribution in [2.75, 3.05) is 0 Å². The summed E-state index contributed by atoms with van der Waals surface area (Å²) in [5.41, 5.74) is 1.35. The van der Waals surface area contributed by atoms with Gasteiger partial charge in [0.15, 0.2) is 0 Å². The molecule has 88 valence electrons. The van der Waals surface area contributed by atoms with E-state index in [1.807, 2.05) is 10.6 Å². The largest absolute Gasteiger partial charge is 0.409 e. The predicted molar refractivity (Wildman–Crippen MR) is 68.3 cm³/mol. The minimum absolute atomic E-state index is 0.259. The normalized spacial score (nSPS) is 11.8. The van der Waals surface area contributed by atoms with Gasteiger partial charge in [-0.05, 0) is 43.5 Å². The average Bonchev–Trinajstić information content (AvgIpc) is 2.32. The first-order valence-electron chi connectivity index (χ1n) is 4.69. The van der Waals surface area contributed by atoms with E-state index in [0.717, 1.165) is 10.0 Å². The number of pyridine rings is 1. The molecule has 0 spiro atoms. The molecule has 0 amide bonds. The van der Waals surface area contributed by atoms with Crippen LogP contribution >= 0.6 is 31.9 Å². The van der Waals surface area contributed by atoms with E-state index in [-0.39, 0.29) is 5.49 Å². The van der Waals surface area contributed by atoms with Gasteiger partial charge in [0.05, 0.1) is 10.8 Å². The van der Waals surface area contributed by atoms with Crippen molar-refractivity contribution in [3.8, 4) is 0 Å². The summed E-state index contributed by atoms with van der Waals surface area (Å²) < 4.78 is 3.45. The SMILES string of the molecule is ON=c1ncn(Cc2ccncc2Br)cc1Br. The maximum atomic E-state index is 8.65. The Morgan fingerprint density at radius 1 is 1.35 bits per heavy atom. The summed E-state index contributed by atoms with van der Waals surface area (Å²) in [6.07, 6.45) is 6.89. The molecule has 0 fully saturated rings. The molecule has 0 aliphatic heterocycles. The van der Waals surface area contributed by atoms with Crippen LogP contribution < -0.4 is 5.49 Å². The quantitative estimate of drug-likeness (QED) is 0.660. The first-order valence-corrected chi connectivity index (χ1v) is 6.27. The molecule has 2 heterocycles. The molecular formula is C10H8Br2N4O. The Morgan fingerprint density at radius 3 is 2.82 bits per heavy atom. The smallest absolute Gasteiger partial charge is 0.208 e. The van der Waals surface area contributed by atoms with Gasteiger partial charge in [0.1, 0.15) is 0 Å². The van der Waals surface area contributed by atoms with Crippen LogP contribution in [0.15, 0.2) is 45.1 Å². The Hall–Kier alpha value is -1.21. The fraction of sp³-hybridized carbons (Fsp3) is 0.100. The van der Waals surface area contributed by atoms with E-state index in [4.69, 9.17) is 5.21 Å². The van der Waals surface area contributed by atoms with E-state index in [2.05, 4.69) is 47.0 Å². The molecule has 7 heteroatoms. The highest BCUT2D eigenvalue weighted by molar-refractivity contribution is 9.10. The second kappa shape index (κ2) is 5.42. The molecular weight excluding hydrogens is 352 g/mol. The highest BCUT2D eigenvalue weighted by Gasteiger charge is 2.01. The summed E-state index contributed by atoms with van der Waals surface area (Å²) in [5.74, 6) is 0. The van der Waals surface area contributed by atoms with Crippen LogP contribution in [0.25, 0.3) is 0 Å². The lowest BCUT2D eigenvalue weighted by Gasteiger charge is -2.07. The van der Waals surface area contributed by atoms with Crippen LogP contribution in [0.2, 0.25) is 0 Å². The Balaban J connectivity index is 2.32. The third-order valence-corrected chi connectivity index (χ3v) is 3.40. The van der Waals surface area contributed by atoms with Crippen LogP contribution in [0.1, 0.15) is 5.56 Å². The van der Waals surface area contributed by atoms with Crippen molar-refractivity contribution < 1.29 is 5.21 Å². The number of nitrogens with zero attached hydrogens (tertiary/aromatic N) is 4. The van der Waals surface area contributed by atoms with Crippen molar-refractivity contribution in [1.82, 2.24) is 14.5 Å². The molecule has 17 heavy (non-hydrogen) atoms. The van der Waals surface area contributed by atoms with Gasteiger partial charge in [-0.25, -0.2) is 4.98 Å². The van der Waals surface area contributed by atoms with E-state index in [0.29, 0.717) is 11.0 Å². The zero-order chi connectivity index (χ0) is 12.3. The summed E-state index contributed by atoms with van der Waals surface area (Å²) in [6.45, 7) is 0.653. The summed E-state index contributed by atoms with van der Waals surface area (Å²) in [4.78, 5) is 7.99. The van der Waals surface area contributed by atoms with Gasteiger partial charge in [-0.2, -0.15) is 0 Å². The van der Waals surface area contributed by atoms with Crippen LogP contribution in [0.5, 0.6) is 0 Å². The first-order chi connectivity index (χ1) is 8.20. The lowest BCUT2D eigenvalue weighted by atomic mass is 10.3. The van der Waals surface area contributed by atoms with Crippen LogP contribution in [0.3, 0.4) is 0 Å². The number of hydrogen-bond donors (Lipinski definition) is 1. The van der Waals surface area contributed by atoms with Gasteiger partial charge in [-0.15, -0.1) is 0 Å². The molecule has 0 unspecified atom stereocenters. The maximum absolute atomic E-state index is 8.65. The van der Waals surface area contributed by atoms with E-state index in [1.165, 1.54) is 0 Å². The van der Waals surface area contributed by atoms with Crippen molar-refractivity contribution in [3.63, 3.8) is 0 Å². The van der Waals surface area contributed by atoms with Gasteiger partial charge in [-0.3, -0.25) is 4.98 Å². The van der Waals surface area contributed by atoms with Gasteiger partial charge in [0, 0.05) is 29.6 Å². The lowest BCUT2D eigenvalue weighted by Crippen LogP contribution is -2.13. The number of halogens is 2. The molecule has 1 N–H and O–H groups in total. The average molecular weight is 360 g/mol. The minimum Gasteiger partial charge on any atom is -0.409 e. The summed E-state index contributed by atoms with van der Waals surface area (Å²) in [6, 6.07) is 1.93. The molecule has 0 bridgehead atoms. The Labute approximate surface area is 114 Å². The van der Waals surface area contributed by atoms with Crippen molar-refractivity contribution in [2.24, 2.45) is 5.16 Å². The molecule has 0 aromatic carbocycles. The highest BCUT2D eigenvalue weighted by Crippen LogP contribution is 2.15. The molecule has 0 radical (unpaired) electrons. The van der Waals surface area contributed by atoms with Crippen molar-refractivity contribution >= 4 is 31.9 Å². The third-order valence-electron chi connectivity index (χ3n) is 2.13. The van der Waals surface area contributed by atoms with Gasteiger partial charge in [-0.1, -0.05) is 5.16 Å². The molecule has 2 aromatic heterocycles. The van der Waals surface area contributed by atoms with Crippen LogP contribution in [0.4, 0.5) is 0 Å². The van der Waals surface area contributed by atoms with Crippen LogP contribution in [-0.4, -0.2) is 19.7 Å². The summed E-state index contributed by atoms with van der Waals surface area (Å²) in [7, 11) is 0. The number of rotatable bonds is 2.